The molecular formula is C14H19N3O4. The van der Waals surface area contributed by atoms with Gasteiger partial charge in [-0.2, -0.15) is 5.10 Å². The van der Waals surface area contributed by atoms with E-state index in [9.17, 15) is 14.4 Å². The van der Waals surface area contributed by atoms with Crippen molar-refractivity contribution in [2.45, 2.75) is 44.8 Å². The van der Waals surface area contributed by atoms with Gasteiger partial charge in [-0.05, 0) is 25.8 Å². The third-order valence-electron chi connectivity index (χ3n) is 3.52. The zero-order chi connectivity index (χ0) is 15.4. The fourth-order valence-corrected chi connectivity index (χ4v) is 2.27. The zero-order valence-electron chi connectivity index (χ0n) is 12.2. The van der Waals surface area contributed by atoms with Crippen LogP contribution in [0.1, 0.15) is 43.1 Å². The van der Waals surface area contributed by atoms with E-state index in [1.54, 1.807) is 0 Å². The van der Waals surface area contributed by atoms with Crippen LogP contribution < -0.4 is 10.9 Å². The van der Waals surface area contributed by atoms with E-state index in [0.717, 1.165) is 30.4 Å². The lowest BCUT2D eigenvalue weighted by Crippen LogP contribution is -2.41. The molecule has 114 valence electrons. The van der Waals surface area contributed by atoms with Crippen LogP contribution in [0.5, 0.6) is 0 Å². The lowest BCUT2D eigenvalue weighted by molar-refractivity contribution is -0.129. The van der Waals surface area contributed by atoms with Crippen LogP contribution in [-0.4, -0.2) is 33.8 Å². The predicted octanol–water partition coefficient (Wildman–Crippen LogP) is 0.384. The molecule has 1 aromatic rings. The molecule has 0 saturated heterocycles. The van der Waals surface area contributed by atoms with Crippen molar-refractivity contribution in [3.05, 3.63) is 28.2 Å². The van der Waals surface area contributed by atoms with Gasteiger partial charge in [0.25, 0.3) is 11.5 Å². The molecule has 1 aliphatic rings. The van der Waals surface area contributed by atoms with Crippen molar-refractivity contribution >= 4 is 11.9 Å². The number of carbonyl (C=O) groups is 2. The Bertz CT molecular complexity index is 590. The molecule has 1 unspecified atom stereocenters. The first-order valence-corrected chi connectivity index (χ1v) is 7.03. The smallest absolute Gasteiger partial charge is 0.359 e. The van der Waals surface area contributed by atoms with Gasteiger partial charge < -0.3 is 10.1 Å². The highest BCUT2D eigenvalue weighted by molar-refractivity contribution is 5.90. The van der Waals surface area contributed by atoms with Crippen LogP contribution in [0.4, 0.5) is 0 Å². The van der Waals surface area contributed by atoms with Gasteiger partial charge >= 0.3 is 5.97 Å². The van der Waals surface area contributed by atoms with Crippen LogP contribution in [0, 0.1) is 0 Å². The maximum absolute atomic E-state index is 11.9. The molecule has 1 N–H and O–H groups in total. The second kappa shape index (κ2) is 6.51. The molecule has 0 bridgehead atoms. The largest absolute Gasteiger partial charge is 0.448 e. The van der Waals surface area contributed by atoms with Crippen LogP contribution in [0.2, 0.25) is 0 Å². The Morgan fingerprint density at radius 1 is 1.38 bits per heavy atom. The molecule has 1 aromatic heterocycles. The van der Waals surface area contributed by atoms with Crippen LogP contribution in [0.3, 0.4) is 0 Å². The number of esters is 1. The van der Waals surface area contributed by atoms with E-state index >= 15 is 0 Å². The summed E-state index contributed by atoms with van der Waals surface area (Å²) in [5.41, 5.74) is -0.323. The van der Waals surface area contributed by atoms with Crippen LogP contribution in [0.15, 0.2) is 16.9 Å². The molecule has 7 heteroatoms. The van der Waals surface area contributed by atoms with Gasteiger partial charge in [-0.1, -0.05) is 12.8 Å². The van der Waals surface area contributed by atoms with Crippen LogP contribution in [-0.2, 0) is 16.6 Å². The van der Waals surface area contributed by atoms with E-state index < -0.39 is 12.1 Å². The minimum absolute atomic E-state index is 0.00221. The second-order valence-corrected chi connectivity index (χ2v) is 5.22. The van der Waals surface area contributed by atoms with Gasteiger partial charge in [0.15, 0.2) is 11.8 Å². The van der Waals surface area contributed by atoms with E-state index in [1.807, 2.05) is 0 Å². The summed E-state index contributed by atoms with van der Waals surface area (Å²) in [4.78, 5) is 35.0. The molecule has 1 amide bonds. The van der Waals surface area contributed by atoms with E-state index in [0.29, 0.717) is 0 Å². The Balaban J connectivity index is 1.92. The Labute approximate surface area is 122 Å². The number of aromatic nitrogens is 2. The SMILES string of the molecule is CC(OC(=O)c1ccc(=O)n(C)n1)C(=O)NC1CCCC1. The fraction of sp³-hybridized carbons (Fsp3) is 0.571. The summed E-state index contributed by atoms with van der Waals surface area (Å²) in [6.07, 6.45) is 3.27. The molecule has 0 aliphatic heterocycles. The molecule has 0 radical (unpaired) electrons. The first-order chi connectivity index (χ1) is 9.97. The van der Waals surface area contributed by atoms with Crippen LogP contribution in [0.25, 0.3) is 0 Å². The zero-order valence-corrected chi connectivity index (χ0v) is 12.2. The van der Waals surface area contributed by atoms with Gasteiger partial charge in [0, 0.05) is 19.2 Å². The lowest BCUT2D eigenvalue weighted by Gasteiger charge is -2.16. The maximum Gasteiger partial charge on any atom is 0.359 e. The minimum Gasteiger partial charge on any atom is -0.448 e. The van der Waals surface area contributed by atoms with E-state index in [-0.39, 0.29) is 23.2 Å². The molecule has 0 spiro atoms. The van der Waals surface area contributed by atoms with Crippen molar-refractivity contribution in [1.82, 2.24) is 15.1 Å². The van der Waals surface area contributed by atoms with Crippen molar-refractivity contribution < 1.29 is 14.3 Å². The molecule has 1 saturated carbocycles. The highest BCUT2D eigenvalue weighted by Gasteiger charge is 2.24. The Morgan fingerprint density at radius 3 is 2.67 bits per heavy atom. The van der Waals surface area contributed by atoms with Crippen molar-refractivity contribution in [3.63, 3.8) is 0 Å². The summed E-state index contributed by atoms with van der Waals surface area (Å²) >= 11 is 0. The van der Waals surface area contributed by atoms with Crippen molar-refractivity contribution in [3.8, 4) is 0 Å². The Kier molecular flexibility index (Phi) is 4.72. The number of ether oxygens (including phenoxy) is 1. The van der Waals surface area contributed by atoms with E-state index in [4.69, 9.17) is 4.74 Å². The first kappa shape index (κ1) is 15.2. The van der Waals surface area contributed by atoms with Crippen molar-refractivity contribution in [2.24, 2.45) is 7.05 Å². The number of aryl methyl sites for hydroxylation is 1. The fourth-order valence-electron chi connectivity index (χ4n) is 2.27. The Morgan fingerprint density at radius 2 is 2.05 bits per heavy atom. The maximum atomic E-state index is 11.9. The number of rotatable bonds is 4. The topological polar surface area (TPSA) is 90.3 Å². The van der Waals surface area contributed by atoms with E-state index in [2.05, 4.69) is 10.4 Å². The second-order valence-electron chi connectivity index (χ2n) is 5.22. The third-order valence-corrected chi connectivity index (χ3v) is 3.52. The van der Waals surface area contributed by atoms with Gasteiger partial charge in [-0.3, -0.25) is 9.59 Å². The summed E-state index contributed by atoms with van der Waals surface area (Å²) in [5.74, 6) is -1.03. The summed E-state index contributed by atoms with van der Waals surface area (Å²) in [5, 5.41) is 6.65. The van der Waals surface area contributed by atoms with Gasteiger partial charge in [-0.25, -0.2) is 9.48 Å². The van der Waals surface area contributed by atoms with Crippen molar-refractivity contribution in [2.75, 3.05) is 0 Å². The standard InChI is InChI=1S/C14H19N3O4/c1-9(13(19)15-10-5-3-4-6-10)21-14(20)11-7-8-12(18)17(2)16-11/h7-10H,3-6H2,1-2H3,(H,15,19). The summed E-state index contributed by atoms with van der Waals surface area (Å²) in [6.45, 7) is 1.52. The quantitative estimate of drug-likeness (QED) is 0.811. The number of amides is 1. The van der Waals surface area contributed by atoms with Gasteiger partial charge in [0.05, 0.1) is 0 Å². The monoisotopic (exact) mass is 293 g/mol. The van der Waals surface area contributed by atoms with Gasteiger partial charge in [0.2, 0.25) is 0 Å². The number of hydrogen-bond acceptors (Lipinski definition) is 5. The summed E-state index contributed by atoms with van der Waals surface area (Å²) < 4.78 is 6.12. The molecule has 21 heavy (non-hydrogen) atoms. The Hall–Kier alpha value is -2.18. The third kappa shape index (κ3) is 3.90. The summed E-state index contributed by atoms with van der Waals surface area (Å²) in [7, 11) is 1.44. The minimum atomic E-state index is -0.892. The molecule has 1 atom stereocenters. The normalized spacial score (nSPS) is 16.5. The molecule has 1 aliphatic carbocycles. The lowest BCUT2D eigenvalue weighted by atomic mass is 10.2. The number of nitrogens with zero attached hydrogens (tertiary/aromatic N) is 2. The predicted molar refractivity (Wildman–Crippen MR) is 74.8 cm³/mol. The number of hydrogen-bond donors (Lipinski definition) is 1. The molecule has 1 fully saturated rings. The highest BCUT2D eigenvalue weighted by Crippen LogP contribution is 2.17. The van der Waals surface area contributed by atoms with Gasteiger partial charge in [-0.15, -0.1) is 0 Å². The molecular weight excluding hydrogens is 274 g/mol. The first-order valence-electron chi connectivity index (χ1n) is 7.03. The number of carbonyl (C=O) groups excluding carboxylic acids is 2. The molecule has 1 heterocycles. The molecule has 0 aromatic carbocycles. The average Bonchev–Trinajstić information content (AvgIpc) is 2.94. The van der Waals surface area contributed by atoms with Gasteiger partial charge in [0.1, 0.15) is 0 Å². The number of nitrogens with one attached hydrogen (secondary N) is 1. The summed E-state index contributed by atoms with van der Waals surface area (Å²) in [6, 6.07) is 2.69. The average molecular weight is 293 g/mol. The van der Waals surface area contributed by atoms with Crippen molar-refractivity contribution in [1.29, 1.82) is 0 Å². The van der Waals surface area contributed by atoms with Crippen LogP contribution >= 0.6 is 0 Å². The highest BCUT2D eigenvalue weighted by atomic mass is 16.5. The molecule has 7 nitrogen and oxygen atoms in total. The molecule has 2 rings (SSSR count). The van der Waals surface area contributed by atoms with E-state index in [1.165, 1.54) is 26.1 Å².